The number of nitrogens with zero attached hydrogens (tertiary/aromatic N) is 1. The minimum atomic E-state index is -0.284. The first-order chi connectivity index (χ1) is 7.22. The predicted octanol–water partition coefficient (Wildman–Crippen LogP) is 2.43. The van der Waals surface area contributed by atoms with Crippen molar-refractivity contribution in [1.29, 1.82) is 0 Å². The Labute approximate surface area is 92.3 Å². The van der Waals surface area contributed by atoms with Crippen molar-refractivity contribution in [3.63, 3.8) is 0 Å². The summed E-state index contributed by atoms with van der Waals surface area (Å²) in [5.74, 6) is -0.284. The Balaban J connectivity index is 2.57. The van der Waals surface area contributed by atoms with Crippen LogP contribution in [0.25, 0.3) is 0 Å². The van der Waals surface area contributed by atoms with E-state index in [2.05, 4.69) is 13.5 Å². The maximum absolute atomic E-state index is 11.3. The Bertz CT molecular complexity index is 220. The van der Waals surface area contributed by atoms with Crippen LogP contribution < -0.4 is 0 Å². The van der Waals surface area contributed by atoms with E-state index < -0.39 is 0 Å². The number of carbonyl (C=O) groups excluding carboxylic acids is 1. The van der Waals surface area contributed by atoms with Gasteiger partial charge in [-0.3, -0.25) is 4.84 Å². The van der Waals surface area contributed by atoms with Gasteiger partial charge in [-0.25, -0.2) is 4.79 Å². The van der Waals surface area contributed by atoms with Crippen LogP contribution in [0.2, 0.25) is 0 Å². The molecule has 0 aliphatic carbocycles. The molecule has 0 unspecified atom stereocenters. The van der Waals surface area contributed by atoms with Crippen LogP contribution in [0.3, 0.4) is 0 Å². The van der Waals surface area contributed by atoms with Crippen molar-refractivity contribution >= 4 is 5.97 Å². The standard InChI is InChI=1S/C12H22NO2/c1-3-5-9-13(15-12(14)4-2)10-7-6-8-11-13/h4H,2-3,5-11H2,1H3/q+1. The van der Waals surface area contributed by atoms with Crippen molar-refractivity contribution < 1.29 is 14.3 Å². The fraction of sp³-hybridized carbons (Fsp3) is 0.750. The lowest BCUT2D eigenvalue weighted by atomic mass is 10.1. The second-order valence-electron chi connectivity index (χ2n) is 4.26. The summed E-state index contributed by atoms with van der Waals surface area (Å²) in [6.45, 7) is 8.51. The summed E-state index contributed by atoms with van der Waals surface area (Å²) < 4.78 is 0.526. The van der Waals surface area contributed by atoms with Gasteiger partial charge in [0, 0.05) is 18.9 Å². The molecule has 1 rings (SSSR count). The molecule has 0 spiro atoms. The largest absolute Gasteiger partial charge is 0.389 e. The van der Waals surface area contributed by atoms with E-state index in [4.69, 9.17) is 4.84 Å². The average molecular weight is 212 g/mol. The van der Waals surface area contributed by atoms with E-state index in [1.165, 1.54) is 12.5 Å². The van der Waals surface area contributed by atoms with Gasteiger partial charge in [-0.2, -0.15) is 0 Å². The first kappa shape index (κ1) is 12.2. The summed E-state index contributed by atoms with van der Waals surface area (Å²) in [6, 6.07) is 0. The molecule has 0 aromatic heterocycles. The Kier molecular flexibility index (Phi) is 4.82. The molecule has 86 valence electrons. The van der Waals surface area contributed by atoms with E-state index in [-0.39, 0.29) is 5.97 Å². The summed E-state index contributed by atoms with van der Waals surface area (Å²) in [4.78, 5) is 16.8. The maximum atomic E-state index is 11.3. The van der Waals surface area contributed by atoms with Gasteiger partial charge in [-0.15, -0.1) is 4.65 Å². The lowest BCUT2D eigenvalue weighted by Crippen LogP contribution is -2.52. The molecule has 0 radical (unpaired) electrons. The molecule has 3 nitrogen and oxygen atoms in total. The van der Waals surface area contributed by atoms with Crippen LogP contribution in [0.4, 0.5) is 0 Å². The monoisotopic (exact) mass is 212 g/mol. The zero-order valence-electron chi connectivity index (χ0n) is 9.71. The fourth-order valence-corrected chi connectivity index (χ4v) is 2.12. The quantitative estimate of drug-likeness (QED) is 0.517. The van der Waals surface area contributed by atoms with Crippen LogP contribution in [0.5, 0.6) is 0 Å². The van der Waals surface area contributed by atoms with E-state index in [9.17, 15) is 4.79 Å². The van der Waals surface area contributed by atoms with Gasteiger partial charge in [-0.1, -0.05) is 19.9 Å². The highest BCUT2D eigenvalue weighted by atomic mass is 16.7. The minimum Gasteiger partial charge on any atom is -0.272 e. The fourth-order valence-electron chi connectivity index (χ4n) is 2.12. The van der Waals surface area contributed by atoms with Gasteiger partial charge >= 0.3 is 5.97 Å². The molecule has 0 atom stereocenters. The predicted molar refractivity (Wildman–Crippen MR) is 59.9 cm³/mol. The number of unbranched alkanes of at least 4 members (excludes halogenated alkanes) is 1. The smallest absolute Gasteiger partial charge is 0.272 e. The number of hydroxylamine groups is 3. The van der Waals surface area contributed by atoms with Gasteiger partial charge in [-0.05, 0) is 12.8 Å². The highest BCUT2D eigenvalue weighted by molar-refractivity contribution is 5.80. The van der Waals surface area contributed by atoms with E-state index in [1.807, 2.05) is 0 Å². The van der Waals surface area contributed by atoms with Crippen molar-refractivity contribution in [3.05, 3.63) is 12.7 Å². The molecule has 1 fully saturated rings. The highest BCUT2D eigenvalue weighted by Gasteiger charge is 2.33. The molecule has 0 aromatic rings. The Morgan fingerprint density at radius 2 is 2.07 bits per heavy atom. The van der Waals surface area contributed by atoms with Gasteiger partial charge in [0.05, 0.1) is 0 Å². The minimum absolute atomic E-state index is 0.284. The van der Waals surface area contributed by atoms with Gasteiger partial charge in [0.25, 0.3) is 0 Å². The van der Waals surface area contributed by atoms with Gasteiger partial charge < -0.3 is 0 Å². The van der Waals surface area contributed by atoms with Gasteiger partial charge in [0.1, 0.15) is 19.6 Å². The highest BCUT2D eigenvalue weighted by Crippen LogP contribution is 2.21. The second kappa shape index (κ2) is 5.91. The van der Waals surface area contributed by atoms with Crippen LogP contribution in [-0.2, 0) is 9.63 Å². The Morgan fingerprint density at radius 1 is 1.40 bits per heavy atom. The van der Waals surface area contributed by atoms with Crippen molar-refractivity contribution in [2.45, 2.75) is 39.0 Å². The third-order valence-corrected chi connectivity index (χ3v) is 3.00. The number of rotatable bonds is 5. The zero-order chi connectivity index (χ0) is 11.1. The molecule has 0 aromatic carbocycles. The molecule has 0 amide bonds. The van der Waals surface area contributed by atoms with Crippen molar-refractivity contribution in [1.82, 2.24) is 0 Å². The van der Waals surface area contributed by atoms with Crippen LogP contribution in [0, 0.1) is 0 Å². The molecule has 15 heavy (non-hydrogen) atoms. The third kappa shape index (κ3) is 3.67. The van der Waals surface area contributed by atoms with Crippen molar-refractivity contribution in [2.24, 2.45) is 0 Å². The first-order valence-electron chi connectivity index (χ1n) is 5.94. The topological polar surface area (TPSA) is 26.3 Å². The number of quaternary nitrogens is 1. The SMILES string of the molecule is C=CC(=O)O[N+]1(CCCC)CCCCC1. The Morgan fingerprint density at radius 3 is 2.60 bits per heavy atom. The maximum Gasteiger partial charge on any atom is 0.389 e. The molecule has 0 N–H and O–H groups in total. The van der Waals surface area contributed by atoms with E-state index in [0.29, 0.717) is 4.65 Å². The molecule has 3 heteroatoms. The number of piperidine rings is 1. The molecular formula is C12H22NO2+. The molecule has 1 heterocycles. The summed E-state index contributed by atoms with van der Waals surface area (Å²) in [5.41, 5.74) is 0. The van der Waals surface area contributed by atoms with Crippen molar-refractivity contribution in [3.8, 4) is 0 Å². The van der Waals surface area contributed by atoms with E-state index >= 15 is 0 Å². The van der Waals surface area contributed by atoms with Crippen LogP contribution in [0.1, 0.15) is 39.0 Å². The molecule has 1 aliphatic rings. The molecular weight excluding hydrogens is 190 g/mol. The summed E-state index contributed by atoms with van der Waals surface area (Å²) in [7, 11) is 0. The summed E-state index contributed by atoms with van der Waals surface area (Å²) in [5, 5.41) is 0. The third-order valence-electron chi connectivity index (χ3n) is 3.00. The number of carbonyl (C=O) groups is 1. The van der Waals surface area contributed by atoms with E-state index in [1.54, 1.807) is 0 Å². The molecule has 0 saturated carbocycles. The normalized spacial score (nSPS) is 19.5. The average Bonchev–Trinajstić information content (AvgIpc) is 2.27. The molecule has 1 aliphatic heterocycles. The summed E-state index contributed by atoms with van der Waals surface area (Å²) in [6.07, 6.45) is 7.11. The molecule has 1 saturated heterocycles. The van der Waals surface area contributed by atoms with E-state index in [0.717, 1.165) is 45.3 Å². The van der Waals surface area contributed by atoms with Crippen molar-refractivity contribution in [2.75, 3.05) is 19.6 Å². The van der Waals surface area contributed by atoms with Crippen LogP contribution in [0.15, 0.2) is 12.7 Å². The van der Waals surface area contributed by atoms with Crippen LogP contribution >= 0.6 is 0 Å². The number of hydrogen-bond acceptors (Lipinski definition) is 2. The molecule has 0 bridgehead atoms. The Hall–Kier alpha value is -0.830. The number of hydrogen-bond donors (Lipinski definition) is 0. The lowest BCUT2D eigenvalue weighted by molar-refractivity contribution is -1.09. The zero-order valence-corrected chi connectivity index (χ0v) is 9.71. The van der Waals surface area contributed by atoms with Crippen LogP contribution in [-0.4, -0.2) is 30.2 Å². The summed E-state index contributed by atoms with van der Waals surface area (Å²) >= 11 is 0. The number of likely N-dealkylation sites (tertiary alicyclic amines) is 1. The van der Waals surface area contributed by atoms with Gasteiger partial charge in [0.15, 0.2) is 0 Å². The first-order valence-corrected chi connectivity index (χ1v) is 5.94. The lowest BCUT2D eigenvalue weighted by Gasteiger charge is -2.37. The second-order valence-corrected chi connectivity index (χ2v) is 4.26. The van der Waals surface area contributed by atoms with Gasteiger partial charge in [0.2, 0.25) is 0 Å².